The van der Waals surface area contributed by atoms with Crippen LogP contribution in [0.5, 0.6) is 0 Å². The van der Waals surface area contributed by atoms with Crippen molar-refractivity contribution in [2.24, 2.45) is 0 Å². The Bertz CT molecular complexity index is 2110. The summed E-state index contributed by atoms with van der Waals surface area (Å²) in [6, 6.07) is 11.3. The molecule has 3 N–H and O–H groups in total. The number of carbonyl (C=O) groups is 4. The zero-order chi connectivity index (χ0) is 43.2. The molecule has 0 saturated carbocycles. The number of alkyl halides is 3. The quantitative estimate of drug-likeness (QED) is 0.0901. The van der Waals surface area contributed by atoms with Crippen molar-refractivity contribution < 1.29 is 37.1 Å². The van der Waals surface area contributed by atoms with Crippen LogP contribution < -0.4 is 20.9 Å². The molecule has 17 heteroatoms. The highest BCUT2D eigenvalue weighted by Gasteiger charge is 2.51. The van der Waals surface area contributed by atoms with Crippen LogP contribution in [0.25, 0.3) is 0 Å². The van der Waals surface area contributed by atoms with Gasteiger partial charge in [0.1, 0.15) is 18.2 Å². The first-order valence-electron chi connectivity index (χ1n) is 19.3. The molecule has 2 atom stereocenters. The first-order valence-corrected chi connectivity index (χ1v) is 19.7. The van der Waals surface area contributed by atoms with E-state index in [1.165, 1.54) is 12.1 Å². The van der Waals surface area contributed by atoms with Crippen LogP contribution in [0, 0.1) is 11.3 Å². The van der Waals surface area contributed by atoms with E-state index in [2.05, 4.69) is 39.3 Å². The number of allylic oxidation sites excluding steroid dienone is 4. The van der Waals surface area contributed by atoms with Gasteiger partial charge in [-0.05, 0) is 107 Å². The highest BCUT2D eigenvalue weighted by molar-refractivity contribution is 7.80. The number of rotatable bonds is 14. The standard InChI is InChI=1S/C42H49F3N8O5S/c1-7-28(20-32(8-2)53-40(59)52(39(57)41(53,5)6)33-13-12-29(23-46)34(22-33)42(43,44)45)27(4)58-19-18-50-16-17-51(26(3)24-50)25-37(55)48-31-11-9-10-30(21-31)47-35-14-15-36(54)49-38(35)56/h8-13,20-22,26,35,47H,2,7,14-19,24-25H2,1,3-6H3,(H,48,55)(H,49,54,56)/b28-27+,32-20+/t26-,35?/m0/s1. The lowest BCUT2D eigenvalue weighted by molar-refractivity contribution is -0.138. The third kappa shape index (κ3) is 10.4. The minimum atomic E-state index is -4.81. The van der Waals surface area contributed by atoms with Crippen molar-refractivity contribution in [2.45, 2.75) is 77.7 Å². The second-order valence-corrected chi connectivity index (χ2v) is 15.5. The molecule has 3 fully saturated rings. The summed E-state index contributed by atoms with van der Waals surface area (Å²) in [6.07, 6.45) is -0.252. The number of amides is 4. The van der Waals surface area contributed by atoms with Crippen LogP contribution in [0.4, 0.5) is 30.2 Å². The number of carbonyl (C=O) groups excluding carboxylic acids is 4. The zero-order valence-electron chi connectivity index (χ0n) is 33.7. The Kier molecular flexibility index (Phi) is 14.0. The fourth-order valence-electron chi connectivity index (χ4n) is 7.34. The molecule has 0 aliphatic carbocycles. The van der Waals surface area contributed by atoms with E-state index in [0.29, 0.717) is 55.4 Å². The van der Waals surface area contributed by atoms with E-state index in [-0.39, 0.29) is 47.5 Å². The highest BCUT2D eigenvalue weighted by atomic mass is 32.1. The molecule has 1 unspecified atom stereocenters. The Labute approximate surface area is 347 Å². The molecular weight excluding hydrogens is 786 g/mol. The van der Waals surface area contributed by atoms with Crippen LogP contribution in [0.3, 0.4) is 0 Å². The van der Waals surface area contributed by atoms with Crippen molar-refractivity contribution in [3.63, 3.8) is 0 Å². The number of nitrogens with zero attached hydrogens (tertiary/aromatic N) is 5. The number of nitriles is 1. The van der Waals surface area contributed by atoms with Crippen LogP contribution in [0.2, 0.25) is 0 Å². The van der Waals surface area contributed by atoms with Gasteiger partial charge in [-0.15, -0.1) is 0 Å². The number of thiocarbonyl (C=S) groups is 1. The Morgan fingerprint density at radius 2 is 1.88 bits per heavy atom. The van der Waals surface area contributed by atoms with Gasteiger partial charge >= 0.3 is 6.18 Å². The summed E-state index contributed by atoms with van der Waals surface area (Å²) < 4.78 is 47.6. The van der Waals surface area contributed by atoms with E-state index >= 15 is 0 Å². The molecule has 59 heavy (non-hydrogen) atoms. The number of piperidine rings is 1. The van der Waals surface area contributed by atoms with Gasteiger partial charge in [0.2, 0.25) is 17.7 Å². The Morgan fingerprint density at radius 1 is 1.15 bits per heavy atom. The molecule has 4 amide bonds. The molecule has 314 valence electrons. The molecule has 5 rings (SSSR count). The monoisotopic (exact) mass is 834 g/mol. The number of nitrogens with one attached hydrogen (secondary N) is 3. The van der Waals surface area contributed by atoms with Crippen LogP contribution in [-0.2, 0) is 30.1 Å². The van der Waals surface area contributed by atoms with Gasteiger partial charge in [-0.2, -0.15) is 18.4 Å². The van der Waals surface area contributed by atoms with Gasteiger partial charge in [-0.25, -0.2) is 0 Å². The predicted octanol–water partition coefficient (Wildman–Crippen LogP) is 5.92. The van der Waals surface area contributed by atoms with E-state index in [1.807, 2.05) is 19.9 Å². The lowest BCUT2D eigenvalue weighted by Gasteiger charge is -2.39. The molecule has 3 heterocycles. The Morgan fingerprint density at radius 3 is 2.53 bits per heavy atom. The minimum Gasteiger partial charge on any atom is -0.497 e. The summed E-state index contributed by atoms with van der Waals surface area (Å²) in [5.74, 6) is -0.703. The number of piperazine rings is 1. The molecule has 0 aromatic heterocycles. The van der Waals surface area contributed by atoms with Gasteiger partial charge in [0.25, 0.3) is 5.91 Å². The van der Waals surface area contributed by atoms with Crippen molar-refractivity contribution in [3.05, 3.63) is 89.4 Å². The second kappa shape index (κ2) is 18.6. The molecular formula is C42H49F3N8O5S. The van der Waals surface area contributed by atoms with Crippen molar-refractivity contribution in [1.29, 1.82) is 5.26 Å². The van der Waals surface area contributed by atoms with Crippen molar-refractivity contribution in [1.82, 2.24) is 20.0 Å². The third-order valence-corrected chi connectivity index (χ3v) is 11.0. The van der Waals surface area contributed by atoms with Crippen LogP contribution in [0.1, 0.15) is 65.0 Å². The van der Waals surface area contributed by atoms with Crippen molar-refractivity contribution in [2.75, 3.05) is 54.9 Å². The lowest BCUT2D eigenvalue weighted by Crippen LogP contribution is -2.54. The number of ether oxygens (including phenoxy) is 1. The first-order chi connectivity index (χ1) is 27.9. The van der Waals surface area contributed by atoms with E-state index in [1.54, 1.807) is 49.1 Å². The fourth-order valence-corrected chi connectivity index (χ4v) is 7.86. The smallest absolute Gasteiger partial charge is 0.417 e. The molecule has 0 radical (unpaired) electrons. The summed E-state index contributed by atoms with van der Waals surface area (Å²) >= 11 is 5.71. The largest absolute Gasteiger partial charge is 0.497 e. The Balaban J connectivity index is 1.15. The number of imide groups is 1. The average molecular weight is 835 g/mol. The van der Waals surface area contributed by atoms with E-state index in [9.17, 15) is 37.6 Å². The molecule has 3 aliphatic rings. The maximum atomic E-state index is 13.8. The zero-order valence-corrected chi connectivity index (χ0v) is 34.6. The topological polar surface area (TPSA) is 150 Å². The average Bonchev–Trinajstić information content (AvgIpc) is 3.35. The molecule has 0 bridgehead atoms. The number of benzene rings is 2. The van der Waals surface area contributed by atoms with Crippen LogP contribution in [-0.4, -0.2) is 100 Å². The minimum absolute atomic E-state index is 0.0303. The molecule has 2 aromatic rings. The van der Waals surface area contributed by atoms with Crippen molar-refractivity contribution >= 4 is 58.0 Å². The molecule has 13 nitrogen and oxygen atoms in total. The van der Waals surface area contributed by atoms with Gasteiger partial charge in [0.15, 0.2) is 5.11 Å². The third-order valence-electron chi connectivity index (χ3n) is 10.6. The summed E-state index contributed by atoms with van der Waals surface area (Å²) in [4.78, 5) is 57.4. The maximum absolute atomic E-state index is 13.8. The number of hydrogen-bond acceptors (Lipinski definition) is 10. The maximum Gasteiger partial charge on any atom is 0.417 e. The number of halogens is 3. The van der Waals surface area contributed by atoms with Gasteiger partial charge in [-0.1, -0.05) is 19.6 Å². The molecule has 3 saturated heterocycles. The predicted molar refractivity (Wildman–Crippen MR) is 222 cm³/mol. The summed E-state index contributed by atoms with van der Waals surface area (Å²) in [5.41, 5.74) is -0.572. The Hall–Kier alpha value is -5.57. The van der Waals surface area contributed by atoms with E-state index < -0.39 is 34.8 Å². The highest BCUT2D eigenvalue weighted by Crippen LogP contribution is 2.39. The fraction of sp³-hybridized carbons (Fsp3) is 0.429. The normalized spacial score (nSPS) is 20.8. The number of hydrogen-bond donors (Lipinski definition) is 3. The van der Waals surface area contributed by atoms with Crippen molar-refractivity contribution in [3.8, 4) is 6.07 Å². The molecule has 3 aliphatic heterocycles. The van der Waals surface area contributed by atoms with Crippen LogP contribution >= 0.6 is 12.2 Å². The summed E-state index contributed by atoms with van der Waals surface area (Å²) in [6.45, 7) is 16.4. The first kappa shape index (κ1) is 44.5. The molecule has 0 spiro atoms. The van der Waals surface area contributed by atoms with Gasteiger partial charge in [0, 0.05) is 55.7 Å². The van der Waals surface area contributed by atoms with E-state index in [0.717, 1.165) is 35.7 Å². The molecule has 2 aromatic carbocycles. The van der Waals surface area contributed by atoms with E-state index in [4.69, 9.17) is 17.0 Å². The van der Waals surface area contributed by atoms with Crippen LogP contribution in [0.15, 0.2) is 78.2 Å². The summed E-state index contributed by atoms with van der Waals surface area (Å²) in [5, 5.41) is 17.6. The SMILES string of the molecule is C=C/C(=C\C(CC)=C(/C)OCCN1CCN(CC(=O)Nc2cccc(NC3CCC(=O)NC3=O)c2)[C@@H](C)C1)N1C(=S)N(c2ccc(C#N)c(C(F)(F)F)c2)C(=O)C1(C)C. The van der Waals surface area contributed by atoms with Gasteiger partial charge in [-0.3, -0.25) is 39.2 Å². The van der Waals surface area contributed by atoms with Gasteiger partial charge in [0.05, 0.1) is 35.2 Å². The summed E-state index contributed by atoms with van der Waals surface area (Å²) in [7, 11) is 0. The number of anilines is 3. The second-order valence-electron chi connectivity index (χ2n) is 15.1. The van der Waals surface area contributed by atoms with Gasteiger partial charge < -0.3 is 20.3 Å². The lowest BCUT2D eigenvalue weighted by atomic mass is 10.0.